The number of halogens is 2. The molecule has 0 radical (unpaired) electrons. The van der Waals surface area contributed by atoms with Gasteiger partial charge in [0.1, 0.15) is 5.60 Å². The van der Waals surface area contributed by atoms with E-state index in [1.807, 2.05) is 20.8 Å². The monoisotopic (exact) mass is 243 g/mol. The molecule has 1 aromatic carbocycles. The maximum Gasteiger partial charge on any atom is 0.191 e. The quantitative estimate of drug-likeness (QED) is 0.828. The van der Waals surface area contributed by atoms with Crippen LogP contribution in [0.15, 0.2) is 18.2 Å². The van der Waals surface area contributed by atoms with E-state index in [2.05, 4.69) is 5.32 Å². The zero-order valence-electron chi connectivity index (χ0n) is 10.5. The van der Waals surface area contributed by atoms with Crippen molar-refractivity contribution in [2.75, 3.05) is 13.1 Å². The number of para-hydroxylation sites is 1. The largest absolute Gasteiger partial charge is 0.480 e. The molecule has 0 heterocycles. The Morgan fingerprint density at radius 3 is 2.29 bits per heavy atom. The maximum atomic E-state index is 13.5. The van der Waals surface area contributed by atoms with Gasteiger partial charge in [-0.2, -0.15) is 0 Å². The highest BCUT2D eigenvalue weighted by Crippen LogP contribution is 2.26. The molecule has 0 fully saturated rings. The first-order valence-electron chi connectivity index (χ1n) is 5.86. The number of hydrogen-bond acceptors (Lipinski definition) is 2. The molecule has 1 N–H and O–H groups in total. The van der Waals surface area contributed by atoms with Gasteiger partial charge >= 0.3 is 0 Å². The summed E-state index contributed by atoms with van der Waals surface area (Å²) >= 11 is 0. The second kappa shape index (κ2) is 5.96. The van der Waals surface area contributed by atoms with Crippen molar-refractivity contribution in [1.29, 1.82) is 0 Å². The first-order valence-corrected chi connectivity index (χ1v) is 5.86. The second-order valence-electron chi connectivity index (χ2n) is 4.24. The van der Waals surface area contributed by atoms with Crippen LogP contribution in [0.4, 0.5) is 8.78 Å². The normalized spacial score (nSPS) is 14.4. The molecule has 2 nitrogen and oxygen atoms in total. The van der Waals surface area contributed by atoms with Crippen LogP contribution >= 0.6 is 0 Å². The second-order valence-corrected chi connectivity index (χ2v) is 4.24. The summed E-state index contributed by atoms with van der Waals surface area (Å²) in [6.45, 7) is 7.07. The van der Waals surface area contributed by atoms with Gasteiger partial charge in [0.25, 0.3) is 0 Å². The van der Waals surface area contributed by atoms with E-state index < -0.39 is 17.2 Å². The lowest BCUT2D eigenvalue weighted by Crippen LogP contribution is -2.43. The minimum absolute atomic E-state index is 0.297. The Labute approximate surface area is 101 Å². The highest BCUT2D eigenvalue weighted by molar-refractivity contribution is 5.26. The van der Waals surface area contributed by atoms with Gasteiger partial charge in [0.15, 0.2) is 17.4 Å². The van der Waals surface area contributed by atoms with Crippen LogP contribution in [0.3, 0.4) is 0 Å². The van der Waals surface area contributed by atoms with E-state index in [0.717, 1.165) is 6.54 Å². The van der Waals surface area contributed by atoms with E-state index in [1.165, 1.54) is 18.2 Å². The van der Waals surface area contributed by atoms with Crippen molar-refractivity contribution in [3.8, 4) is 5.75 Å². The van der Waals surface area contributed by atoms with Crippen molar-refractivity contribution in [3.63, 3.8) is 0 Å². The Hall–Kier alpha value is -1.16. The van der Waals surface area contributed by atoms with Crippen LogP contribution in [0.2, 0.25) is 0 Å². The van der Waals surface area contributed by atoms with Gasteiger partial charge < -0.3 is 10.1 Å². The first kappa shape index (κ1) is 13.9. The number of nitrogens with one attached hydrogen (secondary N) is 1. The zero-order valence-corrected chi connectivity index (χ0v) is 10.5. The van der Waals surface area contributed by atoms with Crippen LogP contribution in [0, 0.1) is 11.6 Å². The van der Waals surface area contributed by atoms with Gasteiger partial charge in [0.2, 0.25) is 0 Å². The molecule has 1 aromatic rings. The number of ether oxygens (including phenoxy) is 1. The van der Waals surface area contributed by atoms with E-state index in [0.29, 0.717) is 13.0 Å². The highest BCUT2D eigenvalue weighted by atomic mass is 19.1. The summed E-state index contributed by atoms with van der Waals surface area (Å²) in [7, 11) is 0. The number of likely N-dealkylation sites (N-methyl/N-ethyl adjacent to an activating group) is 1. The van der Waals surface area contributed by atoms with Gasteiger partial charge in [0, 0.05) is 6.54 Å². The fraction of sp³-hybridized carbons (Fsp3) is 0.538. The summed E-state index contributed by atoms with van der Waals surface area (Å²) in [5.74, 6) is -1.63. The molecule has 4 heteroatoms. The van der Waals surface area contributed by atoms with Crippen LogP contribution in [-0.2, 0) is 0 Å². The number of benzene rings is 1. The molecular formula is C13H19F2NO. The van der Waals surface area contributed by atoms with E-state index in [-0.39, 0.29) is 5.75 Å². The van der Waals surface area contributed by atoms with Gasteiger partial charge in [-0.1, -0.05) is 19.9 Å². The molecule has 0 aliphatic carbocycles. The summed E-state index contributed by atoms with van der Waals surface area (Å²) < 4.78 is 32.4. The van der Waals surface area contributed by atoms with Crippen LogP contribution < -0.4 is 10.1 Å². The third kappa shape index (κ3) is 3.66. The van der Waals surface area contributed by atoms with Crippen molar-refractivity contribution in [2.45, 2.75) is 32.8 Å². The van der Waals surface area contributed by atoms with Crippen LogP contribution in [-0.4, -0.2) is 18.7 Å². The molecule has 1 atom stereocenters. The summed E-state index contributed by atoms with van der Waals surface area (Å²) in [5.41, 5.74) is -0.612. The van der Waals surface area contributed by atoms with E-state index in [1.54, 1.807) is 0 Å². The fourth-order valence-electron chi connectivity index (χ4n) is 1.45. The van der Waals surface area contributed by atoms with Crippen molar-refractivity contribution in [2.24, 2.45) is 0 Å². The Balaban J connectivity index is 2.86. The number of rotatable bonds is 6. The third-order valence-electron chi connectivity index (χ3n) is 2.76. The van der Waals surface area contributed by atoms with Gasteiger partial charge in [-0.25, -0.2) is 8.78 Å². The summed E-state index contributed by atoms with van der Waals surface area (Å²) in [5, 5.41) is 3.13. The first-order chi connectivity index (χ1) is 8.02. The molecule has 0 amide bonds. The molecule has 96 valence electrons. The lowest BCUT2D eigenvalue weighted by atomic mass is 10.0. The Kier molecular flexibility index (Phi) is 4.87. The van der Waals surface area contributed by atoms with Crippen LogP contribution in [0.5, 0.6) is 5.75 Å². The van der Waals surface area contributed by atoms with E-state index >= 15 is 0 Å². The predicted octanol–water partition coefficient (Wildman–Crippen LogP) is 3.12. The molecule has 0 saturated carbocycles. The number of hydrogen-bond donors (Lipinski definition) is 1. The lowest BCUT2D eigenvalue weighted by molar-refractivity contribution is 0.0740. The standard InChI is InChI=1S/C13H19F2NO/c1-4-13(3,9-16-5-2)17-12-10(14)7-6-8-11(12)15/h6-8,16H,4-5,9H2,1-3H3. The SMILES string of the molecule is CCNCC(C)(CC)Oc1c(F)cccc1F. The average molecular weight is 243 g/mol. The van der Waals surface area contributed by atoms with Crippen molar-refractivity contribution < 1.29 is 13.5 Å². The smallest absolute Gasteiger partial charge is 0.191 e. The van der Waals surface area contributed by atoms with Crippen LogP contribution in [0.25, 0.3) is 0 Å². The molecule has 17 heavy (non-hydrogen) atoms. The van der Waals surface area contributed by atoms with Crippen LogP contribution in [0.1, 0.15) is 27.2 Å². The molecule has 0 saturated heterocycles. The Morgan fingerprint density at radius 1 is 1.24 bits per heavy atom. The molecule has 1 rings (SSSR count). The Bertz CT molecular complexity index is 350. The Morgan fingerprint density at radius 2 is 1.82 bits per heavy atom. The van der Waals surface area contributed by atoms with Gasteiger partial charge in [-0.15, -0.1) is 0 Å². The topological polar surface area (TPSA) is 21.3 Å². The van der Waals surface area contributed by atoms with Crippen molar-refractivity contribution in [3.05, 3.63) is 29.8 Å². The zero-order chi connectivity index (χ0) is 12.9. The molecule has 0 aromatic heterocycles. The maximum absolute atomic E-state index is 13.5. The van der Waals surface area contributed by atoms with E-state index in [4.69, 9.17) is 4.74 Å². The molecule has 0 spiro atoms. The highest BCUT2D eigenvalue weighted by Gasteiger charge is 2.26. The predicted molar refractivity (Wildman–Crippen MR) is 64.2 cm³/mol. The van der Waals surface area contributed by atoms with Crippen molar-refractivity contribution >= 4 is 0 Å². The van der Waals surface area contributed by atoms with Gasteiger partial charge in [-0.05, 0) is 32.0 Å². The fourth-order valence-corrected chi connectivity index (χ4v) is 1.45. The lowest BCUT2D eigenvalue weighted by Gasteiger charge is -2.30. The average Bonchev–Trinajstić information content (AvgIpc) is 2.32. The van der Waals surface area contributed by atoms with Gasteiger partial charge in [-0.3, -0.25) is 0 Å². The summed E-state index contributed by atoms with van der Waals surface area (Å²) in [6.07, 6.45) is 0.660. The van der Waals surface area contributed by atoms with Gasteiger partial charge in [0.05, 0.1) is 0 Å². The minimum atomic E-state index is -0.666. The third-order valence-corrected chi connectivity index (χ3v) is 2.76. The molecule has 0 aliphatic rings. The minimum Gasteiger partial charge on any atom is -0.480 e. The summed E-state index contributed by atoms with van der Waals surface area (Å²) in [6, 6.07) is 3.72. The summed E-state index contributed by atoms with van der Waals surface area (Å²) in [4.78, 5) is 0. The van der Waals surface area contributed by atoms with Crippen molar-refractivity contribution in [1.82, 2.24) is 5.32 Å². The molecular weight excluding hydrogens is 224 g/mol. The molecule has 1 unspecified atom stereocenters. The van der Waals surface area contributed by atoms with E-state index in [9.17, 15) is 8.78 Å². The molecule has 0 bridgehead atoms. The molecule has 0 aliphatic heterocycles.